The van der Waals surface area contributed by atoms with Crippen LogP contribution < -0.4 is 4.72 Å². The molecule has 6 heteroatoms. The van der Waals surface area contributed by atoms with Gasteiger partial charge in [-0.25, -0.2) is 13.1 Å². The number of rotatable bonds is 3. The lowest BCUT2D eigenvalue weighted by Gasteiger charge is -2.31. The third kappa shape index (κ3) is 3.19. The van der Waals surface area contributed by atoms with E-state index in [0.717, 1.165) is 31.5 Å². The van der Waals surface area contributed by atoms with E-state index in [1.165, 1.54) is 7.05 Å². The van der Waals surface area contributed by atoms with E-state index in [9.17, 15) is 13.2 Å². The Balaban J connectivity index is 2.07. The van der Waals surface area contributed by atoms with E-state index >= 15 is 0 Å². The van der Waals surface area contributed by atoms with Crippen molar-refractivity contribution in [3.8, 4) is 0 Å². The molecule has 20 heavy (non-hydrogen) atoms. The first kappa shape index (κ1) is 15.0. The molecule has 1 fully saturated rings. The van der Waals surface area contributed by atoms with Gasteiger partial charge in [-0.05, 0) is 43.5 Å². The summed E-state index contributed by atoms with van der Waals surface area (Å²) in [6.07, 6.45) is 1.86. The highest BCUT2D eigenvalue weighted by molar-refractivity contribution is 7.89. The van der Waals surface area contributed by atoms with Gasteiger partial charge in [0.25, 0.3) is 0 Å². The molecule has 5 nitrogen and oxygen atoms in total. The van der Waals surface area contributed by atoms with Gasteiger partial charge >= 0.3 is 0 Å². The summed E-state index contributed by atoms with van der Waals surface area (Å²) in [6, 6.07) is 7.02. The standard InChI is InChI=1S/C14H20N2O3S/c1-11(17)16-9-7-13(8-10-16)12-3-5-14(6-4-12)20(18,19)15-2/h3-6,13,15H,7-10H2,1-2H3. The molecule has 0 saturated carbocycles. The second-order valence-corrected chi connectivity index (χ2v) is 6.94. The average molecular weight is 296 g/mol. The minimum absolute atomic E-state index is 0.124. The Kier molecular flexibility index (Phi) is 4.45. The lowest BCUT2D eigenvalue weighted by Crippen LogP contribution is -2.36. The fourth-order valence-electron chi connectivity index (χ4n) is 2.56. The Morgan fingerprint density at radius 1 is 1.20 bits per heavy atom. The summed E-state index contributed by atoms with van der Waals surface area (Å²) >= 11 is 0. The zero-order chi connectivity index (χ0) is 14.8. The van der Waals surface area contributed by atoms with E-state index < -0.39 is 10.0 Å². The van der Waals surface area contributed by atoms with Gasteiger partial charge in [0.1, 0.15) is 0 Å². The van der Waals surface area contributed by atoms with Gasteiger partial charge < -0.3 is 4.90 Å². The SMILES string of the molecule is CNS(=O)(=O)c1ccc(C2CCN(C(C)=O)CC2)cc1. The number of benzene rings is 1. The summed E-state index contributed by atoms with van der Waals surface area (Å²) < 4.78 is 25.6. The van der Waals surface area contributed by atoms with Gasteiger partial charge in [0.05, 0.1) is 4.90 Å². The number of nitrogens with zero attached hydrogens (tertiary/aromatic N) is 1. The average Bonchev–Trinajstić information content (AvgIpc) is 2.47. The van der Waals surface area contributed by atoms with Crippen molar-refractivity contribution in [3.05, 3.63) is 29.8 Å². The van der Waals surface area contributed by atoms with Crippen molar-refractivity contribution in [1.82, 2.24) is 9.62 Å². The molecule has 1 aliphatic rings. The largest absolute Gasteiger partial charge is 0.343 e. The Morgan fingerprint density at radius 3 is 2.20 bits per heavy atom. The summed E-state index contributed by atoms with van der Waals surface area (Å²) in [6.45, 7) is 3.14. The lowest BCUT2D eigenvalue weighted by atomic mass is 9.89. The Hall–Kier alpha value is -1.40. The molecule has 1 aromatic rings. The zero-order valence-corrected chi connectivity index (χ0v) is 12.6. The molecule has 0 bridgehead atoms. The topological polar surface area (TPSA) is 66.5 Å². The smallest absolute Gasteiger partial charge is 0.240 e. The number of likely N-dealkylation sites (tertiary alicyclic amines) is 1. The molecule has 0 atom stereocenters. The maximum Gasteiger partial charge on any atom is 0.240 e. The van der Waals surface area contributed by atoms with Gasteiger partial charge in [-0.15, -0.1) is 0 Å². The van der Waals surface area contributed by atoms with Crippen molar-refractivity contribution in [3.63, 3.8) is 0 Å². The van der Waals surface area contributed by atoms with Gasteiger partial charge in [0, 0.05) is 20.0 Å². The van der Waals surface area contributed by atoms with Crippen LogP contribution in [0.15, 0.2) is 29.2 Å². The molecule has 1 saturated heterocycles. The predicted molar refractivity (Wildman–Crippen MR) is 76.9 cm³/mol. The molecule has 0 aliphatic carbocycles. The molecule has 0 radical (unpaired) electrons. The fraction of sp³-hybridized carbons (Fsp3) is 0.500. The molecule has 2 rings (SSSR count). The van der Waals surface area contributed by atoms with Crippen LogP contribution in [0, 0.1) is 0 Å². The monoisotopic (exact) mass is 296 g/mol. The van der Waals surface area contributed by atoms with Crippen LogP contribution in [-0.2, 0) is 14.8 Å². The van der Waals surface area contributed by atoms with E-state index in [-0.39, 0.29) is 10.8 Å². The summed E-state index contributed by atoms with van der Waals surface area (Å²) in [5.41, 5.74) is 1.14. The van der Waals surface area contributed by atoms with E-state index in [2.05, 4.69) is 4.72 Å². The van der Waals surface area contributed by atoms with Crippen molar-refractivity contribution in [2.45, 2.75) is 30.6 Å². The quantitative estimate of drug-likeness (QED) is 0.915. The Bertz CT molecular complexity index is 573. The van der Waals surface area contributed by atoms with Gasteiger partial charge in [0.15, 0.2) is 0 Å². The van der Waals surface area contributed by atoms with E-state index in [0.29, 0.717) is 5.92 Å². The fourth-order valence-corrected chi connectivity index (χ4v) is 3.29. The maximum absolute atomic E-state index is 11.7. The molecular weight excluding hydrogens is 276 g/mol. The normalized spacial score (nSPS) is 17.2. The second-order valence-electron chi connectivity index (χ2n) is 5.06. The first-order valence-corrected chi connectivity index (χ1v) is 8.21. The van der Waals surface area contributed by atoms with Crippen LogP contribution in [0.2, 0.25) is 0 Å². The van der Waals surface area contributed by atoms with Crippen LogP contribution in [0.5, 0.6) is 0 Å². The minimum atomic E-state index is -3.37. The molecule has 0 aromatic heterocycles. The number of carbonyl (C=O) groups is 1. The van der Waals surface area contributed by atoms with Gasteiger partial charge in [-0.1, -0.05) is 12.1 Å². The lowest BCUT2D eigenvalue weighted by molar-refractivity contribution is -0.129. The van der Waals surface area contributed by atoms with Crippen molar-refractivity contribution in [2.75, 3.05) is 20.1 Å². The molecule has 1 N–H and O–H groups in total. The minimum Gasteiger partial charge on any atom is -0.343 e. The van der Waals surface area contributed by atoms with E-state index in [1.54, 1.807) is 19.1 Å². The molecule has 0 spiro atoms. The summed E-state index contributed by atoms with van der Waals surface area (Å²) in [5.74, 6) is 0.524. The molecule has 1 aliphatic heterocycles. The van der Waals surface area contributed by atoms with Crippen molar-refractivity contribution in [1.29, 1.82) is 0 Å². The molecular formula is C14H20N2O3S. The third-order valence-corrected chi connectivity index (χ3v) is 5.30. The summed E-state index contributed by atoms with van der Waals surface area (Å²) in [7, 11) is -1.97. The first-order valence-electron chi connectivity index (χ1n) is 6.73. The number of amides is 1. The Morgan fingerprint density at radius 2 is 1.75 bits per heavy atom. The van der Waals surface area contributed by atoms with Crippen LogP contribution >= 0.6 is 0 Å². The molecule has 1 aromatic carbocycles. The third-order valence-electron chi connectivity index (χ3n) is 3.87. The van der Waals surface area contributed by atoms with Crippen LogP contribution in [0.1, 0.15) is 31.2 Å². The molecule has 110 valence electrons. The zero-order valence-electron chi connectivity index (χ0n) is 11.8. The highest BCUT2D eigenvalue weighted by Gasteiger charge is 2.22. The summed E-state index contributed by atoms with van der Waals surface area (Å²) in [4.78, 5) is 13.4. The number of hydrogen-bond donors (Lipinski definition) is 1. The van der Waals surface area contributed by atoms with E-state index in [4.69, 9.17) is 0 Å². The Labute approximate surface area is 120 Å². The molecule has 1 amide bonds. The number of hydrogen-bond acceptors (Lipinski definition) is 3. The number of nitrogens with one attached hydrogen (secondary N) is 1. The highest BCUT2D eigenvalue weighted by atomic mass is 32.2. The summed E-state index contributed by atoms with van der Waals surface area (Å²) in [5, 5.41) is 0. The first-order chi connectivity index (χ1) is 9.44. The number of carbonyl (C=O) groups excluding carboxylic acids is 1. The predicted octanol–water partition coefficient (Wildman–Crippen LogP) is 1.32. The van der Waals surface area contributed by atoms with Crippen molar-refractivity contribution < 1.29 is 13.2 Å². The van der Waals surface area contributed by atoms with Crippen molar-refractivity contribution >= 4 is 15.9 Å². The van der Waals surface area contributed by atoms with Crippen molar-refractivity contribution in [2.24, 2.45) is 0 Å². The van der Waals surface area contributed by atoms with Gasteiger partial charge in [-0.2, -0.15) is 0 Å². The second kappa shape index (κ2) is 5.93. The van der Waals surface area contributed by atoms with E-state index in [1.807, 2.05) is 17.0 Å². The number of sulfonamides is 1. The molecule has 1 heterocycles. The van der Waals surface area contributed by atoms with Crippen LogP contribution in [0.25, 0.3) is 0 Å². The van der Waals surface area contributed by atoms with Crippen LogP contribution in [0.4, 0.5) is 0 Å². The van der Waals surface area contributed by atoms with Gasteiger partial charge in [-0.3, -0.25) is 4.79 Å². The van der Waals surface area contributed by atoms with Gasteiger partial charge in [0.2, 0.25) is 15.9 Å². The maximum atomic E-state index is 11.7. The van der Waals surface area contributed by atoms with Crippen LogP contribution in [0.3, 0.4) is 0 Å². The number of piperidine rings is 1. The molecule has 0 unspecified atom stereocenters. The highest BCUT2D eigenvalue weighted by Crippen LogP contribution is 2.28. The van der Waals surface area contributed by atoms with Crippen LogP contribution in [-0.4, -0.2) is 39.4 Å².